The smallest absolute Gasteiger partial charge is 0.348 e. The molecule has 0 aromatic carbocycles. The molecule has 7 heteroatoms. The zero-order valence-corrected chi connectivity index (χ0v) is 10.6. The summed E-state index contributed by atoms with van der Waals surface area (Å²) in [7, 11) is 0. The number of rotatable bonds is 5. The predicted molar refractivity (Wildman–Crippen MR) is 69.5 cm³/mol. The number of aromatic nitrogens is 4. The Labute approximate surface area is 104 Å². The molecular weight excluding hydrogens is 232 g/mol. The molecule has 0 unspecified atom stereocenters. The molecule has 7 nitrogen and oxygen atoms in total. The Balaban J connectivity index is 2.10. The maximum atomic E-state index is 11.3. The van der Waals surface area contributed by atoms with Crippen molar-refractivity contribution in [2.24, 2.45) is 11.1 Å². The van der Waals surface area contributed by atoms with E-state index in [4.69, 9.17) is 5.73 Å². The number of nitrogens with two attached hydrogens (primary N) is 1. The molecule has 4 N–H and O–H groups in total. The van der Waals surface area contributed by atoms with Crippen molar-refractivity contribution in [1.29, 1.82) is 0 Å². The number of hydrogen-bond acceptors (Lipinski definition) is 5. The van der Waals surface area contributed by atoms with Gasteiger partial charge in [0.25, 0.3) is 0 Å². The van der Waals surface area contributed by atoms with Crippen molar-refractivity contribution in [2.75, 3.05) is 18.4 Å². The van der Waals surface area contributed by atoms with Crippen LogP contribution in [-0.4, -0.2) is 32.7 Å². The molecule has 2 heterocycles. The molecule has 0 aliphatic carbocycles. The Morgan fingerprint density at radius 1 is 1.56 bits per heavy atom. The molecule has 0 fully saturated rings. The lowest BCUT2D eigenvalue weighted by Crippen LogP contribution is -2.26. The van der Waals surface area contributed by atoms with Crippen LogP contribution >= 0.6 is 0 Å². The molecule has 0 amide bonds. The first-order valence-corrected chi connectivity index (χ1v) is 5.88. The van der Waals surface area contributed by atoms with Crippen molar-refractivity contribution < 1.29 is 0 Å². The fraction of sp³-hybridized carbons (Fsp3) is 0.545. The Hall–Kier alpha value is -1.89. The average molecular weight is 250 g/mol. The quantitative estimate of drug-likeness (QED) is 0.704. The van der Waals surface area contributed by atoms with Gasteiger partial charge in [0.05, 0.1) is 0 Å². The monoisotopic (exact) mass is 250 g/mol. The maximum absolute atomic E-state index is 11.3. The number of nitrogens with one attached hydrogen (secondary N) is 2. The van der Waals surface area contributed by atoms with E-state index in [1.807, 2.05) is 0 Å². The van der Waals surface area contributed by atoms with Gasteiger partial charge in [-0.1, -0.05) is 13.8 Å². The first kappa shape index (κ1) is 12.6. The molecule has 0 atom stereocenters. The van der Waals surface area contributed by atoms with Gasteiger partial charge in [-0.25, -0.2) is 19.3 Å². The summed E-state index contributed by atoms with van der Waals surface area (Å²) in [5, 5.41) is 9.49. The molecule has 0 radical (unpaired) electrons. The van der Waals surface area contributed by atoms with Crippen LogP contribution < -0.4 is 16.7 Å². The average Bonchev–Trinajstić information content (AvgIpc) is 2.68. The van der Waals surface area contributed by atoms with E-state index < -0.39 is 0 Å². The number of anilines is 1. The van der Waals surface area contributed by atoms with Crippen molar-refractivity contribution in [3.05, 3.63) is 22.9 Å². The van der Waals surface area contributed by atoms with Crippen LogP contribution in [-0.2, 0) is 0 Å². The summed E-state index contributed by atoms with van der Waals surface area (Å²) in [6, 6.07) is 1.73. The number of aromatic amines is 1. The molecule has 2 aromatic heterocycles. The van der Waals surface area contributed by atoms with E-state index in [0.717, 1.165) is 13.0 Å². The number of fused-ring (bicyclic) bond motifs is 1. The first-order valence-electron chi connectivity index (χ1n) is 5.88. The van der Waals surface area contributed by atoms with Gasteiger partial charge in [-0.15, -0.1) is 0 Å². The molecule has 2 aromatic rings. The topological polar surface area (TPSA) is 101 Å². The molecule has 0 saturated carbocycles. The third-order valence-corrected chi connectivity index (χ3v) is 2.88. The van der Waals surface area contributed by atoms with Crippen molar-refractivity contribution >= 4 is 11.5 Å². The van der Waals surface area contributed by atoms with Gasteiger partial charge in [0, 0.05) is 12.6 Å². The second kappa shape index (κ2) is 4.77. The van der Waals surface area contributed by atoms with E-state index in [-0.39, 0.29) is 11.1 Å². The normalized spacial score (nSPS) is 11.9. The fourth-order valence-corrected chi connectivity index (χ4v) is 1.72. The minimum atomic E-state index is -0.285. The lowest BCUT2D eigenvalue weighted by Gasteiger charge is -2.24. The van der Waals surface area contributed by atoms with Crippen LogP contribution in [0.4, 0.5) is 5.82 Å². The second-order valence-corrected chi connectivity index (χ2v) is 5.09. The van der Waals surface area contributed by atoms with Gasteiger partial charge in [0.2, 0.25) is 0 Å². The summed E-state index contributed by atoms with van der Waals surface area (Å²) in [5.74, 6) is 0.701. The van der Waals surface area contributed by atoms with Gasteiger partial charge in [0.15, 0.2) is 5.65 Å². The first-order chi connectivity index (χ1) is 8.52. The summed E-state index contributed by atoms with van der Waals surface area (Å²) >= 11 is 0. The van der Waals surface area contributed by atoms with E-state index >= 15 is 0 Å². The Morgan fingerprint density at radius 3 is 3.06 bits per heavy atom. The molecule has 0 aliphatic heterocycles. The van der Waals surface area contributed by atoms with E-state index in [2.05, 4.69) is 34.3 Å². The number of nitrogens with zero attached hydrogens (tertiary/aromatic N) is 3. The maximum Gasteiger partial charge on any atom is 0.348 e. The highest BCUT2D eigenvalue weighted by Crippen LogP contribution is 2.19. The number of H-pyrrole nitrogens is 1. The van der Waals surface area contributed by atoms with E-state index in [1.54, 1.807) is 6.07 Å². The zero-order valence-electron chi connectivity index (χ0n) is 10.6. The van der Waals surface area contributed by atoms with Crippen LogP contribution in [0.2, 0.25) is 0 Å². The molecule has 0 spiro atoms. The highest BCUT2D eigenvalue weighted by Gasteiger charge is 2.16. The third kappa shape index (κ3) is 2.67. The van der Waals surface area contributed by atoms with Crippen molar-refractivity contribution in [3.63, 3.8) is 0 Å². The summed E-state index contributed by atoms with van der Waals surface area (Å²) < 4.78 is 1.36. The Morgan fingerprint density at radius 2 is 2.33 bits per heavy atom. The third-order valence-electron chi connectivity index (χ3n) is 2.88. The minimum Gasteiger partial charge on any atom is -0.369 e. The summed E-state index contributed by atoms with van der Waals surface area (Å²) in [6.45, 7) is 5.72. The van der Waals surface area contributed by atoms with E-state index in [1.165, 1.54) is 10.7 Å². The van der Waals surface area contributed by atoms with Crippen molar-refractivity contribution in [2.45, 2.75) is 20.3 Å². The minimum absolute atomic E-state index is 0.105. The molecule has 2 rings (SSSR count). The van der Waals surface area contributed by atoms with E-state index in [0.29, 0.717) is 18.0 Å². The van der Waals surface area contributed by atoms with Crippen LogP contribution in [0.1, 0.15) is 20.3 Å². The van der Waals surface area contributed by atoms with Crippen LogP contribution in [0.25, 0.3) is 5.65 Å². The highest BCUT2D eigenvalue weighted by atomic mass is 16.1. The largest absolute Gasteiger partial charge is 0.369 e. The molecule has 0 bridgehead atoms. The van der Waals surface area contributed by atoms with Gasteiger partial charge in [-0.2, -0.15) is 5.10 Å². The van der Waals surface area contributed by atoms with Gasteiger partial charge in [-0.05, 0) is 18.4 Å². The standard InChI is InChI=1S/C11H18N6O/c1-11(2,3-4-12)6-13-8-5-9-15-16-10(18)17(9)7-14-8/h5,7,13H,3-4,6,12H2,1-2H3,(H,16,18). The lowest BCUT2D eigenvalue weighted by molar-refractivity contribution is 0.365. The summed E-state index contributed by atoms with van der Waals surface area (Å²) in [5.41, 5.74) is 5.94. The Bertz CT molecular complexity index is 584. The summed E-state index contributed by atoms with van der Waals surface area (Å²) in [6.07, 6.45) is 2.39. The van der Waals surface area contributed by atoms with Crippen LogP contribution in [0.15, 0.2) is 17.2 Å². The fourth-order valence-electron chi connectivity index (χ4n) is 1.72. The van der Waals surface area contributed by atoms with Crippen LogP contribution in [0.5, 0.6) is 0 Å². The van der Waals surface area contributed by atoms with Crippen molar-refractivity contribution in [3.8, 4) is 0 Å². The molecule has 0 saturated heterocycles. The van der Waals surface area contributed by atoms with Crippen LogP contribution in [0.3, 0.4) is 0 Å². The predicted octanol–water partition coefficient (Wildman–Crippen LogP) is 0.205. The van der Waals surface area contributed by atoms with Crippen molar-refractivity contribution in [1.82, 2.24) is 19.6 Å². The SMILES string of the molecule is CC(C)(CCN)CNc1cc2n[nH]c(=O)n2cn1. The lowest BCUT2D eigenvalue weighted by atomic mass is 9.89. The molecule has 18 heavy (non-hydrogen) atoms. The van der Waals surface area contributed by atoms with Gasteiger partial charge in [-0.3, -0.25) is 0 Å². The van der Waals surface area contributed by atoms with Gasteiger partial charge >= 0.3 is 5.69 Å². The molecular formula is C11H18N6O. The van der Waals surface area contributed by atoms with Gasteiger partial charge < -0.3 is 11.1 Å². The van der Waals surface area contributed by atoms with E-state index in [9.17, 15) is 4.79 Å². The second-order valence-electron chi connectivity index (χ2n) is 5.09. The van der Waals surface area contributed by atoms with Crippen LogP contribution in [0, 0.1) is 5.41 Å². The van der Waals surface area contributed by atoms with Gasteiger partial charge in [0.1, 0.15) is 12.1 Å². The molecule has 0 aliphatic rings. The molecule has 98 valence electrons. The number of hydrogen-bond donors (Lipinski definition) is 3. The summed E-state index contributed by atoms with van der Waals surface area (Å²) in [4.78, 5) is 15.4. The highest BCUT2D eigenvalue weighted by molar-refractivity contribution is 5.48. The Kier molecular flexibility index (Phi) is 3.33. The zero-order chi connectivity index (χ0) is 13.2.